The molecule has 0 aliphatic rings. The Labute approximate surface area is 351 Å². The fraction of sp³-hybridized carbons (Fsp3) is 0. The van der Waals surface area contributed by atoms with E-state index >= 15 is 0 Å². The van der Waals surface area contributed by atoms with Crippen molar-refractivity contribution < 1.29 is 4.42 Å². The molecule has 0 saturated heterocycles. The monoisotopic (exact) mass is 726 g/mol. The lowest BCUT2D eigenvalue weighted by Crippen LogP contribution is -2.50. The molecule has 0 spiro atoms. The molecule has 0 N–H and O–H groups in total. The second kappa shape index (κ2) is 13.2. The molecular formula is C50H22B8O. The summed E-state index contributed by atoms with van der Waals surface area (Å²) >= 11 is 0. The van der Waals surface area contributed by atoms with Gasteiger partial charge in [-0.25, -0.2) is 0 Å². The first-order valence-corrected chi connectivity index (χ1v) is 19.2. The van der Waals surface area contributed by atoms with Crippen molar-refractivity contribution in [3.8, 4) is 33.4 Å². The van der Waals surface area contributed by atoms with E-state index in [1.165, 1.54) is 5.39 Å². The summed E-state index contributed by atoms with van der Waals surface area (Å²) in [7, 11) is 55.2. The van der Waals surface area contributed by atoms with E-state index in [-0.39, 0.29) is 43.7 Å². The average molecular weight is 725 g/mol. The highest BCUT2D eigenvalue weighted by Crippen LogP contribution is 2.44. The Kier molecular flexibility index (Phi) is 8.02. The summed E-state index contributed by atoms with van der Waals surface area (Å²) in [6, 6.07) is 45.7. The molecule has 1 nitrogen and oxygen atoms in total. The Hall–Kier alpha value is -6.18. The molecule has 0 aliphatic carbocycles. The van der Waals surface area contributed by atoms with Crippen molar-refractivity contribution in [3.05, 3.63) is 133 Å². The maximum atomic E-state index is 7.10. The highest BCUT2D eigenvalue weighted by Gasteiger charge is 2.25. The van der Waals surface area contributed by atoms with Crippen LogP contribution >= 0.6 is 0 Å². The highest BCUT2D eigenvalue weighted by atomic mass is 16.3. The topological polar surface area (TPSA) is 13.1 Å². The third kappa shape index (κ3) is 5.16. The fourth-order valence-electron chi connectivity index (χ4n) is 9.28. The molecule has 0 atom stereocenters. The van der Waals surface area contributed by atoms with Crippen LogP contribution < -0.4 is 43.7 Å². The summed E-state index contributed by atoms with van der Waals surface area (Å²) in [5.74, 6) is 0. The number of hydrogen-bond acceptors (Lipinski definition) is 1. The molecule has 0 saturated carbocycles. The Morgan fingerprint density at radius 1 is 0.288 bits per heavy atom. The Morgan fingerprint density at radius 3 is 1.37 bits per heavy atom. The second-order valence-electron chi connectivity index (χ2n) is 15.3. The normalized spacial score (nSPS) is 11.9. The van der Waals surface area contributed by atoms with Crippen LogP contribution in [0.1, 0.15) is 0 Å². The lowest BCUT2D eigenvalue weighted by atomic mass is 9.59. The third-order valence-corrected chi connectivity index (χ3v) is 12.2. The van der Waals surface area contributed by atoms with Crippen molar-refractivity contribution in [2.75, 3.05) is 0 Å². The molecule has 0 fully saturated rings. The Balaban J connectivity index is 1.28. The summed E-state index contributed by atoms with van der Waals surface area (Å²) in [4.78, 5) is 0. The van der Waals surface area contributed by atoms with E-state index in [2.05, 4.69) is 97.1 Å². The smallest absolute Gasteiger partial charge is 0.136 e. The van der Waals surface area contributed by atoms with Crippen molar-refractivity contribution in [2.45, 2.75) is 0 Å². The fourth-order valence-corrected chi connectivity index (χ4v) is 9.28. The van der Waals surface area contributed by atoms with Gasteiger partial charge in [-0.3, -0.25) is 0 Å². The summed E-state index contributed by atoms with van der Waals surface area (Å²) < 4.78 is 6.39. The zero-order chi connectivity index (χ0) is 40.4. The van der Waals surface area contributed by atoms with E-state index in [0.717, 1.165) is 71.1 Å². The molecule has 11 rings (SSSR count). The van der Waals surface area contributed by atoms with Crippen LogP contribution in [-0.4, -0.2) is 62.8 Å². The Bertz CT molecular complexity index is 3580. The standard InChI is InChI=1S/C50H22B8O/c51-43-39-37(27-12-7-11-25(18-27)32-20-26-10-3-4-13-29(26)30-14-5-6-15-31(30)32)40-42(46(54)50(58)48(56)44(40)52)38(41(39)45(53)49(57)47(43)55)28-16-17-35-33(21-28)34-19-23-8-1-2-9-24(23)22-36(34)59-35/h1-22H. The second-order valence-corrected chi connectivity index (χ2v) is 15.3. The Morgan fingerprint density at radius 2 is 0.763 bits per heavy atom. The van der Waals surface area contributed by atoms with Crippen molar-refractivity contribution in [2.24, 2.45) is 0 Å². The maximum absolute atomic E-state index is 7.10. The maximum Gasteiger partial charge on any atom is 0.136 e. The van der Waals surface area contributed by atoms with Gasteiger partial charge in [0.1, 0.15) is 73.9 Å². The van der Waals surface area contributed by atoms with Crippen molar-refractivity contribution in [1.82, 2.24) is 0 Å². The van der Waals surface area contributed by atoms with Crippen LogP contribution in [0.25, 0.3) is 109 Å². The number of fused-ring (bicyclic) bond motifs is 9. The van der Waals surface area contributed by atoms with Gasteiger partial charge in [0.15, 0.2) is 0 Å². The molecule has 1 heterocycles. The van der Waals surface area contributed by atoms with E-state index < -0.39 is 0 Å². The van der Waals surface area contributed by atoms with Crippen LogP contribution in [-0.2, 0) is 0 Å². The minimum absolute atomic E-state index is 0.161. The lowest BCUT2D eigenvalue weighted by molar-refractivity contribution is 0.669. The molecule has 59 heavy (non-hydrogen) atoms. The van der Waals surface area contributed by atoms with Crippen molar-refractivity contribution in [3.63, 3.8) is 0 Å². The van der Waals surface area contributed by atoms with Gasteiger partial charge in [0.2, 0.25) is 0 Å². The first-order valence-electron chi connectivity index (χ1n) is 19.2. The molecule has 252 valence electrons. The number of rotatable bonds is 3. The first kappa shape index (κ1) is 35.9. The number of benzene rings is 10. The summed E-state index contributed by atoms with van der Waals surface area (Å²) in [6.07, 6.45) is 0. The molecule has 0 bridgehead atoms. The number of furan rings is 1. The van der Waals surface area contributed by atoms with Crippen LogP contribution in [0.4, 0.5) is 0 Å². The van der Waals surface area contributed by atoms with Gasteiger partial charge in [0.05, 0.1) is 0 Å². The van der Waals surface area contributed by atoms with E-state index in [1.807, 2.05) is 36.4 Å². The van der Waals surface area contributed by atoms with Crippen LogP contribution in [0.5, 0.6) is 0 Å². The van der Waals surface area contributed by atoms with Crippen LogP contribution in [0.15, 0.2) is 138 Å². The minimum Gasteiger partial charge on any atom is -0.456 e. The molecule has 11 aromatic rings. The first-order chi connectivity index (χ1) is 28.6. The van der Waals surface area contributed by atoms with Crippen molar-refractivity contribution >= 4 is 182 Å². The third-order valence-electron chi connectivity index (χ3n) is 12.2. The van der Waals surface area contributed by atoms with E-state index in [1.54, 1.807) is 0 Å². The molecular weight excluding hydrogens is 703 g/mol. The molecule has 10 aromatic carbocycles. The largest absolute Gasteiger partial charge is 0.456 e. The van der Waals surface area contributed by atoms with Gasteiger partial charge in [-0.2, -0.15) is 0 Å². The van der Waals surface area contributed by atoms with Gasteiger partial charge in [-0.05, 0) is 124 Å². The van der Waals surface area contributed by atoms with Gasteiger partial charge in [0, 0.05) is 10.8 Å². The van der Waals surface area contributed by atoms with E-state index in [0.29, 0.717) is 32.7 Å². The van der Waals surface area contributed by atoms with Crippen LogP contribution in [0.2, 0.25) is 0 Å². The van der Waals surface area contributed by atoms with Gasteiger partial charge >= 0.3 is 0 Å². The minimum atomic E-state index is 0.161. The summed E-state index contributed by atoms with van der Waals surface area (Å²) in [5, 5.41) is 10.9. The molecule has 0 aliphatic heterocycles. The van der Waals surface area contributed by atoms with Gasteiger partial charge < -0.3 is 4.42 Å². The predicted molar refractivity (Wildman–Crippen MR) is 261 cm³/mol. The SMILES string of the molecule is [B]c1c([B])c([B])c2c(-c3ccc4oc5cc6ccccc6cc5c4c3)c3c([B])c([B])c([B])c([B])c3c(-c3cccc(-c4cc5ccccc5c5ccccc45)c3)c2c1[B]. The van der Waals surface area contributed by atoms with Gasteiger partial charge in [0.25, 0.3) is 0 Å². The van der Waals surface area contributed by atoms with Crippen LogP contribution in [0, 0.1) is 0 Å². The van der Waals surface area contributed by atoms with E-state index in [9.17, 15) is 0 Å². The molecule has 1 aromatic heterocycles. The van der Waals surface area contributed by atoms with Crippen LogP contribution in [0.3, 0.4) is 0 Å². The average Bonchev–Trinajstić information content (AvgIpc) is 3.63. The van der Waals surface area contributed by atoms with Crippen molar-refractivity contribution in [1.29, 1.82) is 0 Å². The molecule has 0 amide bonds. The van der Waals surface area contributed by atoms with Gasteiger partial charge in [-0.1, -0.05) is 119 Å². The lowest BCUT2D eigenvalue weighted by Gasteiger charge is -2.28. The summed E-state index contributed by atoms with van der Waals surface area (Å²) in [6.45, 7) is 0. The quantitative estimate of drug-likeness (QED) is 0.146. The highest BCUT2D eigenvalue weighted by molar-refractivity contribution is 6.71. The molecule has 9 heteroatoms. The zero-order valence-electron chi connectivity index (χ0n) is 31.7. The van der Waals surface area contributed by atoms with E-state index in [4.69, 9.17) is 67.2 Å². The molecule has 0 unspecified atom stereocenters. The summed E-state index contributed by atoms with van der Waals surface area (Å²) in [5.41, 5.74) is 8.01. The number of hydrogen-bond donors (Lipinski definition) is 0. The predicted octanol–water partition coefficient (Wildman–Crippen LogP) is 4.70. The van der Waals surface area contributed by atoms with Gasteiger partial charge in [-0.15, -0.1) is 21.9 Å². The molecule has 16 radical (unpaired) electrons. The zero-order valence-corrected chi connectivity index (χ0v) is 31.7.